The Morgan fingerprint density at radius 2 is 1.88 bits per heavy atom. The molecule has 3 N–H and O–H groups in total. The quantitative estimate of drug-likeness (QED) is 0.499. The first-order valence-corrected chi connectivity index (χ1v) is 9.26. The van der Waals surface area contributed by atoms with Gasteiger partial charge in [-0.15, -0.1) is 0 Å². The summed E-state index contributed by atoms with van der Waals surface area (Å²) in [5, 5.41) is 31.7. The van der Waals surface area contributed by atoms with Crippen LogP contribution in [0.15, 0.2) is 23.3 Å². The van der Waals surface area contributed by atoms with Crippen molar-refractivity contribution < 1.29 is 24.9 Å². The summed E-state index contributed by atoms with van der Waals surface area (Å²) in [5.74, 6) is -0.164. The van der Waals surface area contributed by atoms with Gasteiger partial charge in [0.1, 0.15) is 11.7 Å². The lowest BCUT2D eigenvalue weighted by Gasteiger charge is -2.35. The minimum absolute atomic E-state index is 0.203. The van der Waals surface area contributed by atoms with E-state index >= 15 is 0 Å². The van der Waals surface area contributed by atoms with Crippen LogP contribution >= 0.6 is 0 Å². The highest BCUT2D eigenvalue weighted by Gasteiger charge is 2.40. The summed E-state index contributed by atoms with van der Waals surface area (Å²) in [6.07, 6.45) is 4.55. The van der Waals surface area contributed by atoms with E-state index in [1.54, 1.807) is 19.9 Å². The molecule has 2 aliphatic rings. The number of aliphatic hydroxyl groups excluding tert-OH is 2. The summed E-state index contributed by atoms with van der Waals surface area (Å²) in [6, 6.07) is 0. The van der Waals surface area contributed by atoms with Crippen molar-refractivity contribution in [2.45, 2.75) is 89.6 Å². The maximum Gasteiger partial charge on any atom is 0.334 e. The number of aliphatic hydroxyl groups is 3. The molecule has 2 aliphatic heterocycles. The Labute approximate surface area is 150 Å². The van der Waals surface area contributed by atoms with Crippen molar-refractivity contribution in [1.29, 1.82) is 0 Å². The number of hydrogen-bond acceptors (Lipinski definition) is 5. The van der Waals surface area contributed by atoms with E-state index in [-0.39, 0.29) is 24.7 Å². The van der Waals surface area contributed by atoms with Gasteiger partial charge in [0, 0.05) is 5.57 Å². The molecule has 142 valence electrons. The van der Waals surface area contributed by atoms with Gasteiger partial charge in [0.05, 0.1) is 11.7 Å². The Bertz CT molecular complexity index is 560. The van der Waals surface area contributed by atoms with E-state index in [1.807, 2.05) is 19.9 Å². The Morgan fingerprint density at radius 1 is 1.20 bits per heavy atom. The lowest BCUT2D eigenvalue weighted by atomic mass is 9.84. The summed E-state index contributed by atoms with van der Waals surface area (Å²) in [7, 11) is 0. The fraction of sp³-hybridized carbons (Fsp3) is 0.750. The zero-order valence-electron chi connectivity index (χ0n) is 15.8. The molecule has 4 atom stereocenters. The average Bonchev–Trinajstić information content (AvgIpc) is 2.66. The second-order valence-corrected chi connectivity index (χ2v) is 8.22. The van der Waals surface area contributed by atoms with Gasteiger partial charge in [-0.3, -0.25) is 0 Å². The lowest BCUT2D eigenvalue weighted by molar-refractivity contribution is -0.168. The number of fused-ring (bicyclic) bond motifs is 3. The number of hydrogen-bond donors (Lipinski definition) is 3. The topological polar surface area (TPSA) is 87.0 Å². The first kappa shape index (κ1) is 20.1. The molecule has 2 bridgehead atoms. The van der Waals surface area contributed by atoms with Crippen molar-refractivity contribution in [3.8, 4) is 0 Å². The molecule has 5 heteroatoms. The van der Waals surface area contributed by atoms with E-state index in [4.69, 9.17) is 4.74 Å². The number of allylic oxidation sites excluding steroid dienone is 2. The highest BCUT2D eigenvalue weighted by molar-refractivity contribution is 5.89. The first-order valence-electron chi connectivity index (χ1n) is 9.26. The van der Waals surface area contributed by atoms with E-state index < -0.39 is 23.4 Å². The van der Waals surface area contributed by atoms with Gasteiger partial charge >= 0.3 is 5.97 Å². The van der Waals surface area contributed by atoms with E-state index in [0.29, 0.717) is 31.3 Å². The second-order valence-electron chi connectivity index (χ2n) is 8.22. The van der Waals surface area contributed by atoms with Gasteiger partial charge in [-0.2, -0.15) is 0 Å². The number of rotatable bonds is 1. The molecule has 0 radical (unpaired) electrons. The zero-order chi connectivity index (χ0) is 18.8. The van der Waals surface area contributed by atoms with Crippen LogP contribution < -0.4 is 0 Å². The molecule has 0 aliphatic carbocycles. The summed E-state index contributed by atoms with van der Waals surface area (Å²) in [4.78, 5) is 12.5. The second kappa shape index (κ2) is 7.60. The van der Waals surface area contributed by atoms with E-state index in [0.717, 1.165) is 5.57 Å². The summed E-state index contributed by atoms with van der Waals surface area (Å²) < 4.78 is 5.66. The Balaban J connectivity index is 2.38. The van der Waals surface area contributed by atoms with E-state index in [2.05, 4.69) is 0 Å². The van der Waals surface area contributed by atoms with Gasteiger partial charge in [0.15, 0.2) is 0 Å². The van der Waals surface area contributed by atoms with Gasteiger partial charge in [-0.05, 0) is 58.3 Å². The Morgan fingerprint density at radius 3 is 2.52 bits per heavy atom. The predicted molar refractivity (Wildman–Crippen MR) is 95.8 cm³/mol. The normalized spacial score (nSPS) is 40.1. The molecule has 0 aromatic rings. The molecule has 0 saturated heterocycles. The smallest absolute Gasteiger partial charge is 0.334 e. The van der Waals surface area contributed by atoms with Crippen LogP contribution in [0.3, 0.4) is 0 Å². The lowest BCUT2D eigenvalue weighted by Crippen LogP contribution is -2.45. The molecule has 25 heavy (non-hydrogen) atoms. The van der Waals surface area contributed by atoms with Crippen molar-refractivity contribution in [1.82, 2.24) is 0 Å². The molecule has 2 heterocycles. The molecule has 0 amide bonds. The third-order valence-corrected chi connectivity index (χ3v) is 5.68. The molecule has 0 spiro atoms. The van der Waals surface area contributed by atoms with Gasteiger partial charge < -0.3 is 20.1 Å². The van der Waals surface area contributed by atoms with Crippen LogP contribution in [0.2, 0.25) is 0 Å². The van der Waals surface area contributed by atoms with Crippen molar-refractivity contribution in [3.05, 3.63) is 23.3 Å². The van der Waals surface area contributed by atoms with Crippen LogP contribution in [0.1, 0.15) is 66.2 Å². The number of carbonyl (C=O) groups excluding carboxylic acids is 1. The van der Waals surface area contributed by atoms with Gasteiger partial charge in [-0.1, -0.05) is 31.6 Å². The predicted octanol–water partition coefficient (Wildman–Crippen LogP) is 2.64. The summed E-state index contributed by atoms with van der Waals surface area (Å²) >= 11 is 0. The Hall–Kier alpha value is -1.17. The fourth-order valence-corrected chi connectivity index (χ4v) is 3.49. The number of ether oxygens (including phenoxy) is 1. The van der Waals surface area contributed by atoms with Crippen LogP contribution in [-0.4, -0.2) is 44.7 Å². The van der Waals surface area contributed by atoms with Crippen LogP contribution in [0, 0.1) is 5.92 Å². The molecular weight excluding hydrogens is 320 g/mol. The molecular formula is C20H32O5. The molecule has 0 saturated carbocycles. The van der Waals surface area contributed by atoms with Crippen molar-refractivity contribution in [2.24, 2.45) is 5.92 Å². The Kier molecular flexibility index (Phi) is 6.13. The average molecular weight is 352 g/mol. The minimum Gasteiger partial charge on any atom is -0.453 e. The molecule has 5 nitrogen and oxygen atoms in total. The molecule has 2 rings (SSSR count). The SMILES string of the molecule is CC(C)/C1=C/[C@@H](O)[C@](C)(O)CC[C@@H](O)[C@@]2(C)CCC=C(CC1)C(=O)O2. The van der Waals surface area contributed by atoms with Gasteiger partial charge in [0.25, 0.3) is 0 Å². The van der Waals surface area contributed by atoms with Crippen LogP contribution in [-0.2, 0) is 9.53 Å². The van der Waals surface area contributed by atoms with Crippen LogP contribution in [0.4, 0.5) is 0 Å². The van der Waals surface area contributed by atoms with E-state index in [1.165, 1.54) is 0 Å². The first-order chi connectivity index (χ1) is 11.5. The van der Waals surface area contributed by atoms with Crippen molar-refractivity contribution in [3.63, 3.8) is 0 Å². The summed E-state index contributed by atoms with van der Waals surface area (Å²) in [6.45, 7) is 7.39. The van der Waals surface area contributed by atoms with Crippen molar-refractivity contribution >= 4 is 5.97 Å². The third-order valence-electron chi connectivity index (χ3n) is 5.68. The number of carbonyl (C=O) groups is 1. The highest BCUT2D eigenvalue weighted by atomic mass is 16.6. The standard InChI is InChI=1S/C20H32O5/c1-13(2)15-8-7-14-6-5-10-20(4,25-18(14)23)16(21)9-11-19(3,24)17(22)12-15/h6,12-13,16-17,21-22,24H,5,7-11H2,1-4H3/b15-12+/t16-,17-,19-,20-/m1/s1. The number of esters is 1. The third kappa shape index (κ3) is 4.72. The molecule has 0 aromatic carbocycles. The van der Waals surface area contributed by atoms with Gasteiger partial charge in [-0.25, -0.2) is 4.79 Å². The maximum atomic E-state index is 12.5. The fourth-order valence-electron chi connectivity index (χ4n) is 3.49. The largest absolute Gasteiger partial charge is 0.453 e. The molecule has 0 aromatic heterocycles. The highest BCUT2D eigenvalue weighted by Crippen LogP contribution is 2.34. The molecule has 0 unspecified atom stereocenters. The van der Waals surface area contributed by atoms with Crippen molar-refractivity contribution in [2.75, 3.05) is 0 Å². The van der Waals surface area contributed by atoms with E-state index in [9.17, 15) is 20.1 Å². The van der Waals surface area contributed by atoms with Crippen LogP contribution in [0.25, 0.3) is 0 Å². The summed E-state index contributed by atoms with van der Waals surface area (Å²) in [5.41, 5.74) is -0.682. The van der Waals surface area contributed by atoms with Crippen LogP contribution in [0.5, 0.6) is 0 Å². The minimum atomic E-state index is -1.34. The monoisotopic (exact) mass is 352 g/mol. The molecule has 0 fully saturated rings. The zero-order valence-corrected chi connectivity index (χ0v) is 15.8. The maximum absolute atomic E-state index is 12.5. The van der Waals surface area contributed by atoms with Gasteiger partial charge in [0.2, 0.25) is 0 Å².